The molecule has 0 radical (unpaired) electrons. The minimum absolute atomic E-state index is 0.187. The molecule has 3 rings (SSSR count). The van der Waals surface area contributed by atoms with Crippen molar-refractivity contribution in [2.24, 2.45) is 0 Å². The second-order valence-electron chi connectivity index (χ2n) is 6.19. The molecule has 0 saturated carbocycles. The lowest BCUT2D eigenvalue weighted by Crippen LogP contribution is -2.20. The van der Waals surface area contributed by atoms with Gasteiger partial charge in [-0.3, -0.25) is 4.79 Å². The van der Waals surface area contributed by atoms with Crippen LogP contribution in [-0.2, 0) is 4.79 Å². The zero-order chi connectivity index (χ0) is 21.5. The number of nitrogens with one attached hydrogen (secondary N) is 1. The van der Waals surface area contributed by atoms with E-state index in [4.69, 9.17) is 39.5 Å². The smallest absolute Gasteiger partial charge is 0.262 e. The number of carbonyl (C=O) groups is 1. The highest BCUT2D eigenvalue weighted by atomic mass is 35.5. The zero-order valence-corrected chi connectivity index (χ0v) is 17.8. The standard InChI is InChI=1S/C23H15Cl3N2O2/c24-17-7-8-19(20(25)12-17)16(13-27)10-15-6-9-22(21(26)11-15)30-14-23(29)28-18-4-2-1-3-5-18/h1-12H,14H2,(H,28,29)/b16-10+. The van der Waals surface area contributed by atoms with Gasteiger partial charge in [-0.25, -0.2) is 0 Å². The van der Waals surface area contributed by atoms with Crippen LogP contribution < -0.4 is 10.1 Å². The number of para-hydroxylation sites is 1. The molecule has 0 saturated heterocycles. The van der Waals surface area contributed by atoms with E-state index in [-0.39, 0.29) is 12.5 Å². The third-order valence-electron chi connectivity index (χ3n) is 4.03. The molecule has 150 valence electrons. The predicted molar refractivity (Wildman–Crippen MR) is 122 cm³/mol. The van der Waals surface area contributed by atoms with E-state index in [1.165, 1.54) is 0 Å². The Morgan fingerprint density at radius 3 is 2.43 bits per heavy atom. The summed E-state index contributed by atoms with van der Waals surface area (Å²) < 4.78 is 5.51. The van der Waals surface area contributed by atoms with E-state index >= 15 is 0 Å². The topological polar surface area (TPSA) is 62.1 Å². The van der Waals surface area contributed by atoms with Gasteiger partial charge in [0.2, 0.25) is 0 Å². The largest absolute Gasteiger partial charge is 0.482 e. The fourth-order valence-electron chi connectivity index (χ4n) is 2.63. The Morgan fingerprint density at radius 2 is 1.77 bits per heavy atom. The van der Waals surface area contributed by atoms with Crippen molar-refractivity contribution in [1.82, 2.24) is 0 Å². The van der Waals surface area contributed by atoms with E-state index in [1.54, 1.807) is 54.6 Å². The lowest BCUT2D eigenvalue weighted by Gasteiger charge is -2.10. The van der Waals surface area contributed by atoms with Crippen LogP contribution in [0, 0.1) is 11.3 Å². The molecule has 0 aromatic heterocycles. The Bertz CT molecular complexity index is 1140. The van der Waals surface area contributed by atoms with Crippen molar-refractivity contribution in [3.8, 4) is 11.8 Å². The summed E-state index contributed by atoms with van der Waals surface area (Å²) in [4.78, 5) is 12.0. The van der Waals surface area contributed by atoms with Gasteiger partial charge >= 0.3 is 0 Å². The zero-order valence-electron chi connectivity index (χ0n) is 15.5. The normalized spacial score (nSPS) is 10.9. The molecule has 0 aliphatic rings. The third-order valence-corrected chi connectivity index (χ3v) is 4.87. The van der Waals surface area contributed by atoms with Crippen molar-refractivity contribution < 1.29 is 9.53 Å². The summed E-state index contributed by atoms with van der Waals surface area (Å²) in [6.45, 7) is -0.187. The van der Waals surface area contributed by atoms with Crippen LogP contribution in [0.3, 0.4) is 0 Å². The van der Waals surface area contributed by atoms with E-state index in [0.29, 0.717) is 43.2 Å². The minimum atomic E-state index is -0.301. The number of rotatable bonds is 6. The summed E-state index contributed by atoms with van der Waals surface area (Å²) >= 11 is 18.4. The van der Waals surface area contributed by atoms with Gasteiger partial charge in [0.1, 0.15) is 5.75 Å². The van der Waals surface area contributed by atoms with Crippen molar-refractivity contribution in [3.05, 3.63) is 92.9 Å². The van der Waals surface area contributed by atoms with Gasteiger partial charge < -0.3 is 10.1 Å². The molecule has 3 aromatic rings. The molecule has 0 aliphatic heterocycles. The van der Waals surface area contributed by atoms with Crippen molar-refractivity contribution in [1.29, 1.82) is 5.26 Å². The number of allylic oxidation sites excluding steroid dienone is 1. The minimum Gasteiger partial charge on any atom is -0.482 e. The molecule has 0 heterocycles. The number of nitrogens with zero attached hydrogens (tertiary/aromatic N) is 1. The molecule has 0 unspecified atom stereocenters. The van der Waals surface area contributed by atoms with Crippen molar-refractivity contribution >= 4 is 58.0 Å². The summed E-state index contributed by atoms with van der Waals surface area (Å²) in [5, 5.41) is 13.4. The second-order valence-corrected chi connectivity index (χ2v) is 7.44. The van der Waals surface area contributed by atoms with E-state index in [1.807, 2.05) is 18.2 Å². The van der Waals surface area contributed by atoms with Crippen LogP contribution in [0.2, 0.25) is 15.1 Å². The van der Waals surface area contributed by atoms with Gasteiger partial charge in [0.05, 0.1) is 21.7 Å². The molecule has 3 aromatic carbocycles. The monoisotopic (exact) mass is 456 g/mol. The lowest BCUT2D eigenvalue weighted by atomic mass is 10.0. The van der Waals surface area contributed by atoms with Crippen molar-refractivity contribution in [3.63, 3.8) is 0 Å². The highest BCUT2D eigenvalue weighted by Crippen LogP contribution is 2.30. The maximum Gasteiger partial charge on any atom is 0.262 e. The fourth-order valence-corrected chi connectivity index (χ4v) is 3.38. The molecule has 0 bridgehead atoms. The van der Waals surface area contributed by atoms with Gasteiger partial charge in [0, 0.05) is 16.3 Å². The molecule has 0 fully saturated rings. The number of halogens is 3. The number of hydrogen-bond acceptors (Lipinski definition) is 3. The Kier molecular flexibility index (Phi) is 7.37. The number of hydrogen-bond donors (Lipinski definition) is 1. The molecule has 1 amide bonds. The summed E-state index contributed by atoms with van der Waals surface area (Å²) in [5.41, 5.74) is 2.30. The van der Waals surface area contributed by atoms with Gasteiger partial charge in [-0.15, -0.1) is 0 Å². The van der Waals surface area contributed by atoms with E-state index < -0.39 is 0 Å². The molecule has 4 nitrogen and oxygen atoms in total. The van der Waals surface area contributed by atoms with Crippen molar-refractivity contribution in [2.45, 2.75) is 0 Å². The summed E-state index contributed by atoms with van der Waals surface area (Å²) in [6, 6.07) is 21.2. The first-order valence-corrected chi connectivity index (χ1v) is 9.94. The Morgan fingerprint density at radius 1 is 1.00 bits per heavy atom. The summed E-state index contributed by atoms with van der Waals surface area (Å²) in [7, 11) is 0. The highest BCUT2D eigenvalue weighted by Gasteiger charge is 2.10. The van der Waals surface area contributed by atoms with E-state index in [9.17, 15) is 10.1 Å². The van der Waals surface area contributed by atoms with Gasteiger partial charge in [0.15, 0.2) is 6.61 Å². The first-order chi connectivity index (χ1) is 14.5. The first-order valence-electron chi connectivity index (χ1n) is 8.81. The van der Waals surface area contributed by atoms with E-state index in [0.717, 1.165) is 0 Å². The van der Waals surface area contributed by atoms with Crippen LogP contribution in [0.1, 0.15) is 11.1 Å². The average molecular weight is 458 g/mol. The Balaban J connectivity index is 1.70. The number of nitriles is 1. The fraction of sp³-hybridized carbons (Fsp3) is 0.0435. The molecule has 1 N–H and O–H groups in total. The van der Waals surface area contributed by atoms with Crippen LogP contribution in [0.15, 0.2) is 66.7 Å². The highest BCUT2D eigenvalue weighted by molar-refractivity contribution is 6.36. The maximum absolute atomic E-state index is 12.0. The Labute approximate surface area is 189 Å². The first kappa shape index (κ1) is 21.7. The van der Waals surface area contributed by atoms with Crippen LogP contribution in [0.4, 0.5) is 5.69 Å². The molecule has 0 spiro atoms. The Hall–Kier alpha value is -2.97. The molecular formula is C23H15Cl3N2O2. The van der Waals surface area contributed by atoms with Crippen LogP contribution in [0.25, 0.3) is 11.6 Å². The van der Waals surface area contributed by atoms with Gasteiger partial charge in [0.25, 0.3) is 5.91 Å². The summed E-state index contributed by atoms with van der Waals surface area (Å²) in [5.74, 6) is 0.0606. The third kappa shape index (κ3) is 5.77. The molecule has 0 aliphatic carbocycles. The molecule has 7 heteroatoms. The number of benzene rings is 3. The number of ether oxygens (including phenoxy) is 1. The molecule has 0 atom stereocenters. The van der Waals surface area contributed by atoms with Crippen molar-refractivity contribution in [2.75, 3.05) is 11.9 Å². The van der Waals surface area contributed by atoms with Gasteiger partial charge in [-0.05, 0) is 48.0 Å². The summed E-state index contributed by atoms with van der Waals surface area (Å²) in [6.07, 6.45) is 1.66. The molecular weight excluding hydrogens is 443 g/mol. The molecule has 30 heavy (non-hydrogen) atoms. The second kappa shape index (κ2) is 10.2. The number of amides is 1. The predicted octanol–water partition coefficient (Wildman–Crippen LogP) is 6.73. The van der Waals surface area contributed by atoms with Gasteiger partial charge in [-0.2, -0.15) is 5.26 Å². The number of anilines is 1. The van der Waals surface area contributed by atoms with Crippen LogP contribution in [-0.4, -0.2) is 12.5 Å². The van der Waals surface area contributed by atoms with Crippen LogP contribution >= 0.6 is 34.8 Å². The maximum atomic E-state index is 12.0. The van der Waals surface area contributed by atoms with Gasteiger partial charge in [-0.1, -0.05) is 65.1 Å². The number of carbonyl (C=O) groups excluding carboxylic acids is 1. The SMILES string of the molecule is N#C/C(=C\c1ccc(OCC(=O)Nc2ccccc2)c(Cl)c1)c1ccc(Cl)cc1Cl. The van der Waals surface area contributed by atoms with E-state index in [2.05, 4.69) is 11.4 Å². The average Bonchev–Trinajstić information content (AvgIpc) is 2.72. The quantitative estimate of drug-likeness (QED) is 0.330. The van der Waals surface area contributed by atoms with Crippen LogP contribution in [0.5, 0.6) is 5.75 Å². The lowest BCUT2D eigenvalue weighted by molar-refractivity contribution is -0.118.